The Balaban J connectivity index is 2.33. The van der Waals surface area contributed by atoms with Crippen LogP contribution in [0, 0.1) is 11.2 Å². The lowest BCUT2D eigenvalue weighted by atomic mass is 9.56. The maximum atomic E-state index is 14.3. The van der Waals surface area contributed by atoms with Crippen molar-refractivity contribution >= 4 is 10.0 Å². The second-order valence-corrected chi connectivity index (χ2v) is 8.35. The van der Waals surface area contributed by atoms with Gasteiger partial charge in [-0.05, 0) is 13.3 Å². The summed E-state index contributed by atoms with van der Waals surface area (Å²) in [6.07, 6.45) is 0.505. The van der Waals surface area contributed by atoms with Gasteiger partial charge in [-0.25, -0.2) is 17.5 Å². The standard InChI is InChI=1S/C16H24FNO5S/c1-15(2)14(9-16(15,3)23-6)18-24(19,20)13-8-12(22-5)11(21-4)7-10(13)17/h7-8,14,18H,9H2,1-6H3. The van der Waals surface area contributed by atoms with E-state index in [4.69, 9.17) is 14.2 Å². The van der Waals surface area contributed by atoms with Crippen molar-refractivity contribution in [2.45, 2.75) is 43.7 Å². The lowest BCUT2D eigenvalue weighted by molar-refractivity contribution is -0.175. The van der Waals surface area contributed by atoms with Crippen LogP contribution in [0.5, 0.6) is 11.5 Å². The number of nitrogens with one attached hydrogen (secondary N) is 1. The predicted molar refractivity (Wildman–Crippen MR) is 87.4 cm³/mol. The first-order valence-electron chi connectivity index (χ1n) is 7.51. The third-order valence-electron chi connectivity index (χ3n) is 5.30. The van der Waals surface area contributed by atoms with Crippen molar-refractivity contribution in [3.63, 3.8) is 0 Å². The van der Waals surface area contributed by atoms with Crippen LogP contribution in [0.4, 0.5) is 4.39 Å². The molecule has 1 saturated carbocycles. The van der Waals surface area contributed by atoms with E-state index in [0.717, 1.165) is 12.1 Å². The molecule has 0 aliphatic heterocycles. The van der Waals surface area contributed by atoms with Crippen molar-refractivity contribution in [1.82, 2.24) is 4.72 Å². The molecule has 136 valence electrons. The first-order valence-corrected chi connectivity index (χ1v) is 8.99. The van der Waals surface area contributed by atoms with Gasteiger partial charge in [0.25, 0.3) is 0 Å². The Bertz CT molecular complexity index is 734. The lowest BCUT2D eigenvalue weighted by Crippen LogP contribution is -2.68. The second kappa shape index (κ2) is 6.16. The van der Waals surface area contributed by atoms with E-state index in [-0.39, 0.29) is 17.5 Å². The maximum absolute atomic E-state index is 14.3. The average molecular weight is 361 g/mol. The van der Waals surface area contributed by atoms with Crippen molar-refractivity contribution in [1.29, 1.82) is 0 Å². The minimum Gasteiger partial charge on any atom is -0.493 e. The highest BCUT2D eigenvalue weighted by molar-refractivity contribution is 7.89. The van der Waals surface area contributed by atoms with Crippen LogP contribution in [0.1, 0.15) is 27.2 Å². The summed E-state index contributed by atoms with van der Waals surface area (Å²) in [5.74, 6) is -0.620. The molecule has 0 aromatic heterocycles. The van der Waals surface area contributed by atoms with Crippen molar-refractivity contribution in [2.75, 3.05) is 21.3 Å². The molecule has 6 nitrogen and oxygen atoms in total. The van der Waals surface area contributed by atoms with E-state index < -0.39 is 31.8 Å². The fourth-order valence-corrected chi connectivity index (χ4v) is 4.43. The van der Waals surface area contributed by atoms with Gasteiger partial charge in [0.1, 0.15) is 10.7 Å². The zero-order valence-corrected chi connectivity index (χ0v) is 15.6. The molecule has 24 heavy (non-hydrogen) atoms. The predicted octanol–water partition coefficient (Wildman–Crippen LogP) is 2.32. The molecule has 0 radical (unpaired) electrons. The van der Waals surface area contributed by atoms with Gasteiger partial charge in [0.05, 0.1) is 19.8 Å². The Labute approximate surface area is 142 Å². The highest BCUT2D eigenvalue weighted by Gasteiger charge is 2.58. The number of halogens is 1. The summed E-state index contributed by atoms with van der Waals surface area (Å²) in [5.41, 5.74) is -0.863. The van der Waals surface area contributed by atoms with E-state index in [9.17, 15) is 12.8 Å². The fraction of sp³-hybridized carbons (Fsp3) is 0.625. The summed E-state index contributed by atoms with van der Waals surface area (Å²) in [6.45, 7) is 5.76. The van der Waals surface area contributed by atoms with E-state index in [2.05, 4.69) is 4.72 Å². The van der Waals surface area contributed by atoms with E-state index in [0.29, 0.717) is 6.42 Å². The van der Waals surface area contributed by atoms with Crippen LogP contribution in [0.2, 0.25) is 0 Å². The lowest BCUT2D eigenvalue weighted by Gasteiger charge is -2.58. The number of methoxy groups -OCH3 is 3. The minimum absolute atomic E-state index is 0.130. The second-order valence-electron chi connectivity index (χ2n) is 6.67. The van der Waals surface area contributed by atoms with E-state index in [1.54, 1.807) is 7.11 Å². The molecule has 1 fully saturated rings. The summed E-state index contributed by atoms with van der Waals surface area (Å²) in [5, 5.41) is 0. The molecule has 1 aliphatic carbocycles. The number of sulfonamides is 1. The van der Waals surface area contributed by atoms with Crippen molar-refractivity contribution in [2.24, 2.45) is 5.41 Å². The molecule has 8 heteroatoms. The number of rotatable bonds is 6. The van der Waals surface area contributed by atoms with E-state index in [1.807, 2.05) is 20.8 Å². The van der Waals surface area contributed by atoms with Crippen LogP contribution in [0.25, 0.3) is 0 Å². The Morgan fingerprint density at radius 3 is 2.12 bits per heavy atom. The van der Waals surface area contributed by atoms with Gasteiger partial charge >= 0.3 is 0 Å². The maximum Gasteiger partial charge on any atom is 0.243 e. The Hall–Kier alpha value is -1.38. The number of benzene rings is 1. The van der Waals surface area contributed by atoms with Gasteiger partial charge in [0.2, 0.25) is 10.0 Å². The van der Waals surface area contributed by atoms with Crippen LogP contribution < -0.4 is 14.2 Å². The van der Waals surface area contributed by atoms with Crippen LogP contribution in [0.3, 0.4) is 0 Å². The van der Waals surface area contributed by atoms with Gasteiger partial charge in [-0.3, -0.25) is 0 Å². The molecule has 1 aromatic rings. The molecule has 2 atom stereocenters. The first-order chi connectivity index (χ1) is 11.0. The van der Waals surface area contributed by atoms with Crippen molar-refractivity contribution < 1.29 is 27.0 Å². The fourth-order valence-electron chi connectivity index (χ4n) is 2.97. The number of hydrogen-bond acceptors (Lipinski definition) is 5. The molecular formula is C16H24FNO5S. The van der Waals surface area contributed by atoms with Crippen LogP contribution in [-0.2, 0) is 14.8 Å². The van der Waals surface area contributed by atoms with Gasteiger partial charge in [0.15, 0.2) is 11.5 Å². The topological polar surface area (TPSA) is 73.9 Å². The molecule has 1 N–H and O–H groups in total. The van der Waals surface area contributed by atoms with Crippen LogP contribution >= 0.6 is 0 Å². The summed E-state index contributed by atoms with van der Waals surface area (Å²) in [4.78, 5) is -0.470. The van der Waals surface area contributed by atoms with E-state index in [1.165, 1.54) is 14.2 Å². The molecule has 0 spiro atoms. The summed E-state index contributed by atoms with van der Waals surface area (Å²) in [7, 11) is 0.257. The third kappa shape index (κ3) is 2.87. The quantitative estimate of drug-likeness (QED) is 0.842. The molecule has 0 heterocycles. The molecule has 0 amide bonds. The Kier molecular flexibility index (Phi) is 4.87. The Morgan fingerprint density at radius 1 is 1.12 bits per heavy atom. The summed E-state index contributed by atoms with van der Waals surface area (Å²) in [6, 6.07) is 1.76. The molecule has 0 saturated heterocycles. The monoisotopic (exact) mass is 361 g/mol. The zero-order valence-electron chi connectivity index (χ0n) is 14.8. The SMILES string of the molecule is COc1cc(F)c(S(=O)(=O)NC2CC(C)(OC)C2(C)C)cc1OC. The molecule has 0 bridgehead atoms. The van der Waals surface area contributed by atoms with Gasteiger partial charge < -0.3 is 14.2 Å². The average Bonchev–Trinajstić information content (AvgIpc) is 2.53. The van der Waals surface area contributed by atoms with Gasteiger partial charge in [-0.15, -0.1) is 0 Å². The Morgan fingerprint density at radius 2 is 1.67 bits per heavy atom. The zero-order chi connectivity index (χ0) is 18.3. The first kappa shape index (κ1) is 19.0. The van der Waals surface area contributed by atoms with E-state index >= 15 is 0 Å². The largest absolute Gasteiger partial charge is 0.493 e. The highest BCUT2D eigenvalue weighted by atomic mass is 32.2. The van der Waals surface area contributed by atoms with Gasteiger partial charge in [-0.1, -0.05) is 13.8 Å². The molecular weight excluding hydrogens is 337 g/mol. The summed E-state index contributed by atoms with van der Waals surface area (Å²) < 4.78 is 57.6. The van der Waals surface area contributed by atoms with Crippen LogP contribution in [0.15, 0.2) is 17.0 Å². The molecule has 1 aliphatic rings. The molecule has 1 aromatic carbocycles. The van der Waals surface area contributed by atoms with Crippen molar-refractivity contribution in [3.8, 4) is 11.5 Å². The third-order valence-corrected chi connectivity index (χ3v) is 6.79. The molecule has 2 rings (SSSR count). The molecule has 2 unspecified atom stereocenters. The highest BCUT2D eigenvalue weighted by Crippen LogP contribution is 2.52. The van der Waals surface area contributed by atoms with Gasteiger partial charge in [-0.2, -0.15) is 0 Å². The number of hydrogen-bond donors (Lipinski definition) is 1. The normalized spacial score (nSPS) is 25.9. The number of ether oxygens (including phenoxy) is 3. The van der Waals surface area contributed by atoms with Gasteiger partial charge in [0, 0.05) is 30.7 Å². The smallest absolute Gasteiger partial charge is 0.243 e. The van der Waals surface area contributed by atoms with Crippen molar-refractivity contribution in [3.05, 3.63) is 17.9 Å². The van der Waals surface area contributed by atoms with Crippen LogP contribution in [-0.4, -0.2) is 41.4 Å². The minimum atomic E-state index is -4.05. The summed E-state index contributed by atoms with van der Waals surface area (Å²) >= 11 is 0.